The Bertz CT molecular complexity index is 293. The van der Waals surface area contributed by atoms with E-state index in [1.54, 1.807) is 11.3 Å². The number of aromatic nitrogens is 1. The minimum absolute atomic E-state index is 0.619. The van der Waals surface area contributed by atoms with E-state index in [9.17, 15) is 0 Å². The van der Waals surface area contributed by atoms with Crippen LogP contribution in [0, 0.1) is 6.92 Å². The number of rotatable bonds is 3. The van der Waals surface area contributed by atoms with Crippen LogP contribution in [0.2, 0.25) is 0 Å². The number of nitrogens with zero attached hydrogens (tertiary/aromatic N) is 1. The first-order valence-corrected chi connectivity index (χ1v) is 6.44. The zero-order valence-corrected chi connectivity index (χ0v) is 9.98. The van der Waals surface area contributed by atoms with Gasteiger partial charge in [0.2, 0.25) is 0 Å². The monoisotopic (exact) mass is 226 g/mol. The van der Waals surface area contributed by atoms with Crippen molar-refractivity contribution in [2.75, 3.05) is 13.2 Å². The Kier molecular flexibility index (Phi) is 4.11. The van der Waals surface area contributed by atoms with Crippen molar-refractivity contribution in [2.45, 2.75) is 38.8 Å². The summed E-state index contributed by atoms with van der Waals surface area (Å²) in [6.45, 7) is 4.86. The lowest BCUT2D eigenvalue weighted by Crippen LogP contribution is -2.28. The van der Waals surface area contributed by atoms with Crippen molar-refractivity contribution in [3.63, 3.8) is 0 Å². The van der Waals surface area contributed by atoms with Crippen molar-refractivity contribution in [2.24, 2.45) is 0 Å². The fraction of sp³-hybridized carbons (Fsp3) is 0.727. The number of aryl methyl sites for hydroxylation is 1. The molecular weight excluding hydrogens is 208 g/mol. The summed E-state index contributed by atoms with van der Waals surface area (Å²) in [5.41, 5.74) is 3.08. The highest BCUT2D eigenvalue weighted by atomic mass is 32.1. The van der Waals surface area contributed by atoms with E-state index in [4.69, 9.17) is 4.74 Å². The van der Waals surface area contributed by atoms with Crippen LogP contribution in [0.4, 0.5) is 0 Å². The Morgan fingerprint density at radius 3 is 3.27 bits per heavy atom. The van der Waals surface area contributed by atoms with Crippen LogP contribution in [0.5, 0.6) is 0 Å². The van der Waals surface area contributed by atoms with Crippen molar-refractivity contribution >= 4 is 11.3 Å². The molecule has 1 aliphatic rings. The van der Waals surface area contributed by atoms with Crippen molar-refractivity contribution in [3.8, 4) is 0 Å². The van der Waals surface area contributed by atoms with E-state index < -0.39 is 0 Å². The van der Waals surface area contributed by atoms with Crippen LogP contribution in [0.3, 0.4) is 0 Å². The minimum Gasteiger partial charge on any atom is -0.381 e. The predicted octanol–water partition coefficient (Wildman–Crippen LogP) is 2.11. The molecule has 0 aromatic carbocycles. The molecule has 2 heterocycles. The maximum absolute atomic E-state index is 5.44. The van der Waals surface area contributed by atoms with Gasteiger partial charge in [0.1, 0.15) is 0 Å². The minimum atomic E-state index is 0.619. The average Bonchev–Trinajstić information content (AvgIpc) is 2.53. The molecular formula is C11H18N2OS. The van der Waals surface area contributed by atoms with Gasteiger partial charge in [0.05, 0.1) is 11.2 Å². The van der Waals surface area contributed by atoms with E-state index in [2.05, 4.69) is 17.2 Å². The number of thiazole rings is 1. The molecule has 1 saturated heterocycles. The van der Waals surface area contributed by atoms with E-state index in [0.717, 1.165) is 31.9 Å². The van der Waals surface area contributed by atoms with E-state index in [1.165, 1.54) is 17.7 Å². The fourth-order valence-corrected chi connectivity index (χ4v) is 2.57. The number of ether oxygens (including phenoxy) is 1. The highest BCUT2D eigenvalue weighted by Crippen LogP contribution is 2.14. The van der Waals surface area contributed by atoms with Crippen LogP contribution in [-0.4, -0.2) is 24.2 Å². The lowest BCUT2D eigenvalue weighted by atomic mass is 10.1. The molecule has 3 nitrogen and oxygen atoms in total. The zero-order valence-electron chi connectivity index (χ0n) is 9.16. The Morgan fingerprint density at radius 1 is 1.53 bits per heavy atom. The zero-order chi connectivity index (χ0) is 10.5. The van der Waals surface area contributed by atoms with E-state index in [0.29, 0.717) is 6.04 Å². The molecule has 4 heteroatoms. The molecule has 0 radical (unpaired) electrons. The number of hydrogen-bond donors (Lipinski definition) is 1. The number of hydrogen-bond acceptors (Lipinski definition) is 4. The summed E-state index contributed by atoms with van der Waals surface area (Å²) < 4.78 is 5.44. The Labute approximate surface area is 94.9 Å². The van der Waals surface area contributed by atoms with Crippen LogP contribution in [0.25, 0.3) is 0 Å². The summed E-state index contributed by atoms with van der Waals surface area (Å²) in [6.07, 6.45) is 3.55. The topological polar surface area (TPSA) is 34.2 Å². The third-order valence-corrected chi connectivity index (χ3v) is 3.78. The van der Waals surface area contributed by atoms with Gasteiger partial charge in [0.25, 0.3) is 0 Å². The summed E-state index contributed by atoms with van der Waals surface area (Å²) >= 11 is 1.74. The molecule has 0 bridgehead atoms. The largest absolute Gasteiger partial charge is 0.381 e. The van der Waals surface area contributed by atoms with Crippen molar-refractivity contribution in [1.29, 1.82) is 0 Å². The predicted molar refractivity (Wildman–Crippen MR) is 62.1 cm³/mol. The smallest absolute Gasteiger partial charge is 0.0798 e. The molecule has 0 saturated carbocycles. The van der Waals surface area contributed by atoms with Gasteiger partial charge in [-0.1, -0.05) is 0 Å². The lowest BCUT2D eigenvalue weighted by molar-refractivity contribution is 0.142. The number of nitrogens with one attached hydrogen (secondary N) is 1. The molecule has 1 atom stereocenters. The molecule has 1 fully saturated rings. The molecule has 1 unspecified atom stereocenters. The molecule has 1 aromatic heterocycles. The summed E-state index contributed by atoms with van der Waals surface area (Å²) in [7, 11) is 0. The highest BCUT2D eigenvalue weighted by Gasteiger charge is 2.12. The molecule has 2 rings (SSSR count). The van der Waals surface area contributed by atoms with E-state index in [1.807, 2.05) is 5.51 Å². The van der Waals surface area contributed by atoms with Crippen LogP contribution in [0.15, 0.2) is 5.51 Å². The molecule has 0 spiro atoms. The standard InChI is InChI=1S/C11H18N2OS/c1-9-11(15-8-13-9)7-12-10-3-2-5-14-6-4-10/h8,10,12H,2-7H2,1H3. The summed E-state index contributed by atoms with van der Waals surface area (Å²) in [6, 6.07) is 0.619. The SMILES string of the molecule is Cc1ncsc1CNC1CCCOCC1. The van der Waals surface area contributed by atoms with Gasteiger partial charge in [-0.25, -0.2) is 4.98 Å². The second-order valence-corrected chi connectivity index (χ2v) is 4.92. The van der Waals surface area contributed by atoms with Gasteiger partial charge in [-0.2, -0.15) is 0 Å². The van der Waals surface area contributed by atoms with Crippen molar-refractivity contribution in [1.82, 2.24) is 10.3 Å². The van der Waals surface area contributed by atoms with Gasteiger partial charge in [-0.3, -0.25) is 0 Å². The summed E-state index contributed by atoms with van der Waals surface area (Å²) in [5, 5.41) is 3.60. The molecule has 15 heavy (non-hydrogen) atoms. The lowest BCUT2D eigenvalue weighted by Gasteiger charge is -2.14. The van der Waals surface area contributed by atoms with Gasteiger partial charge in [0.15, 0.2) is 0 Å². The molecule has 1 aromatic rings. The quantitative estimate of drug-likeness (QED) is 0.857. The first kappa shape index (κ1) is 11.0. The van der Waals surface area contributed by atoms with Gasteiger partial charge in [-0.15, -0.1) is 11.3 Å². The molecule has 1 aliphatic heterocycles. The maximum Gasteiger partial charge on any atom is 0.0798 e. The highest BCUT2D eigenvalue weighted by molar-refractivity contribution is 7.09. The molecule has 84 valence electrons. The third-order valence-electron chi connectivity index (χ3n) is 2.85. The first-order valence-electron chi connectivity index (χ1n) is 5.56. The molecule has 0 amide bonds. The summed E-state index contributed by atoms with van der Waals surface area (Å²) in [5.74, 6) is 0. The maximum atomic E-state index is 5.44. The second kappa shape index (κ2) is 5.58. The Morgan fingerprint density at radius 2 is 2.47 bits per heavy atom. The third kappa shape index (κ3) is 3.26. The van der Waals surface area contributed by atoms with E-state index in [-0.39, 0.29) is 0 Å². The van der Waals surface area contributed by atoms with E-state index >= 15 is 0 Å². The van der Waals surface area contributed by atoms with Crippen molar-refractivity contribution in [3.05, 3.63) is 16.1 Å². The van der Waals surface area contributed by atoms with Crippen LogP contribution >= 0.6 is 11.3 Å². The Hall–Kier alpha value is -0.450. The van der Waals surface area contributed by atoms with Crippen molar-refractivity contribution < 1.29 is 4.74 Å². The Balaban J connectivity index is 1.79. The summed E-state index contributed by atoms with van der Waals surface area (Å²) in [4.78, 5) is 5.61. The van der Waals surface area contributed by atoms with Crippen LogP contribution in [0.1, 0.15) is 29.8 Å². The first-order chi connectivity index (χ1) is 7.36. The molecule has 0 aliphatic carbocycles. The van der Waals surface area contributed by atoms with Gasteiger partial charge >= 0.3 is 0 Å². The van der Waals surface area contributed by atoms with Gasteiger partial charge < -0.3 is 10.1 Å². The van der Waals surface area contributed by atoms with Crippen LogP contribution < -0.4 is 5.32 Å². The fourth-order valence-electron chi connectivity index (χ4n) is 1.84. The normalized spacial score (nSPS) is 22.6. The van der Waals surface area contributed by atoms with Crippen LogP contribution in [-0.2, 0) is 11.3 Å². The second-order valence-electron chi connectivity index (χ2n) is 3.98. The molecule has 1 N–H and O–H groups in total. The van der Waals surface area contributed by atoms with Gasteiger partial charge in [-0.05, 0) is 26.2 Å². The van der Waals surface area contributed by atoms with Gasteiger partial charge in [0, 0.05) is 30.7 Å². The average molecular weight is 226 g/mol.